The van der Waals surface area contributed by atoms with E-state index in [1.807, 2.05) is 0 Å². The van der Waals surface area contributed by atoms with Crippen molar-refractivity contribution in [1.82, 2.24) is 10.3 Å². The van der Waals surface area contributed by atoms with Crippen LogP contribution in [0.15, 0.2) is 10.4 Å². The van der Waals surface area contributed by atoms with E-state index in [2.05, 4.69) is 48.4 Å². The molecule has 0 amide bonds. The lowest BCUT2D eigenvalue weighted by Gasteiger charge is -2.14. The monoisotopic (exact) mass is 382 g/mol. The van der Waals surface area contributed by atoms with Crippen LogP contribution in [0, 0.1) is 0 Å². The molecule has 0 saturated carbocycles. The Balaban J connectivity index is 0.00000289. The van der Waals surface area contributed by atoms with Gasteiger partial charge < -0.3 is 11.1 Å². The van der Waals surface area contributed by atoms with Gasteiger partial charge in [-0.2, -0.15) is 0 Å². The van der Waals surface area contributed by atoms with E-state index in [0.717, 1.165) is 23.7 Å². The number of halogens is 1. The Morgan fingerprint density at radius 3 is 2.67 bits per heavy atom. The molecule has 0 aromatic carbocycles. The number of guanidine groups is 1. The van der Waals surface area contributed by atoms with Crippen LogP contribution in [-0.2, 0) is 12.0 Å². The van der Waals surface area contributed by atoms with Crippen molar-refractivity contribution in [2.24, 2.45) is 10.7 Å². The van der Waals surface area contributed by atoms with E-state index in [1.54, 1.807) is 11.3 Å². The van der Waals surface area contributed by atoms with Crippen LogP contribution in [0.3, 0.4) is 0 Å². The number of thiazole rings is 1. The predicted molar refractivity (Wildman–Crippen MR) is 89.8 cm³/mol. The Bertz CT molecular complexity index is 382. The summed E-state index contributed by atoms with van der Waals surface area (Å²) < 4.78 is 0. The number of rotatable bonds is 4. The summed E-state index contributed by atoms with van der Waals surface area (Å²) in [5.74, 6) is 0.499. The normalized spacial score (nSPS) is 12.1. The van der Waals surface area contributed by atoms with Crippen molar-refractivity contribution < 1.29 is 0 Å². The van der Waals surface area contributed by atoms with Gasteiger partial charge in [0.1, 0.15) is 5.01 Å². The van der Waals surface area contributed by atoms with Crippen molar-refractivity contribution in [1.29, 1.82) is 0 Å². The van der Waals surface area contributed by atoms with E-state index < -0.39 is 0 Å². The van der Waals surface area contributed by atoms with Crippen LogP contribution in [-0.4, -0.2) is 17.5 Å². The van der Waals surface area contributed by atoms with Crippen molar-refractivity contribution in [3.05, 3.63) is 16.1 Å². The third-order valence-corrected chi connectivity index (χ3v) is 3.09. The number of nitrogens with zero attached hydrogens (tertiary/aromatic N) is 2. The molecule has 0 saturated heterocycles. The zero-order valence-corrected chi connectivity index (χ0v) is 14.6. The summed E-state index contributed by atoms with van der Waals surface area (Å²) in [6, 6.07) is 0. The van der Waals surface area contributed by atoms with E-state index in [4.69, 9.17) is 5.73 Å². The molecule has 1 heterocycles. The molecule has 0 unspecified atom stereocenters. The molecule has 104 valence electrons. The Kier molecular flexibility index (Phi) is 7.77. The minimum atomic E-state index is 0. The smallest absolute Gasteiger partial charge is 0.189 e. The molecule has 0 radical (unpaired) electrons. The lowest BCUT2D eigenvalue weighted by Crippen LogP contribution is -2.32. The molecule has 3 N–H and O–H groups in total. The molecule has 1 aromatic heterocycles. The average molecular weight is 382 g/mol. The SMILES string of the molecule is CCCNC(N)=NCc1nc(C(C)(C)C)cs1.I. The summed E-state index contributed by atoms with van der Waals surface area (Å²) in [5.41, 5.74) is 6.94. The standard InChI is InChI=1S/C12H22N4S.HI/c1-5-6-14-11(13)15-7-10-16-9(8-17-10)12(2,3)4;/h8H,5-7H2,1-4H3,(H3,13,14,15);1H. The van der Waals surface area contributed by atoms with Crippen LogP contribution in [0.2, 0.25) is 0 Å². The molecular formula is C12H23IN4S. The van der Waals surface area contributed by atoms with Crippen molar-refractivity contribution in [3.8, 4) is 0 Å². The molecule has 0 bridgehead atoms. The number of nitrogens with one attached hydrogen (secondary N) is 1. The zero-order chi connectivity index (χ0) is 12.9. The minimum Gasteiger partial charge on any atom is -0.370 e. The molecular weight excluding hydrogens is 359 g/mol. The third kappa shape index (κ3) is 5.99. The van der Waals surface area contributed by atoms with Gasteiger partial charge in [-0.1, -0.05) is 27.7 Å². The van der Waals surface area contributed by atoms with E-state index >= 15 is 0 Å². The second kappa shape index (κ2) is 7.93. The Hall–Kier alpha value is -0.370. The lowest BCUT2D eigenvalue weighted by molar-refractivity contribution is 0.571. The summed E-state index contributed by atoms with van der Waals surface area (Å²) in [6.45, 7) is 9.99. The van der Waals surface area contributed by atoms with Crippen molar-refractivity contribution in [2.75, 3.05) is 6.54 Å². The molecule has 0 aliphatic heterocycles. The van der Waals surface area contributed by atoms with Gasteiger partial charge in [0, 0.05) is 17.3 Å². The first-order valence-electron chi connectivity index (χ1n) is 5.92. The third-order valence-electron chi connectivity index (χ3n) is 2.26. The van der Waals surface area contributed by atoms with Gasteiger partial charge in [0.2, 0.25) is 0 Å². The van der Waals surface area contributed by atoms with Crippen LogP contribution in [0.1, 0.15) is 44.8 Å². The quantitative estimate of drug-likeness (QED) is 0.478. The first-order chi connectivity index (χ1) is 7.93. The first-order valence-corrected chi connectivity index (χ1v) is 6.80. The maximum absolute atomic E-state index is 5.72. The molecule has 1 aromatic rings. The van der Waals surface area contributed by atoms with Gasteiger partial charge in [-0.3, -0.25) is 0 Å². The largest absolute Gasteiger partial charge is 0.370 e. The van der Waals surface area contributed by atoms with Crippen LogP contribution < -0.4 is 11.1 Å². The highest BCUT2D eigenvalue weighted by molar-refractivity contribution is 14.0. The highest BCUT2D eigenvalue weighted by Gasteiger charge is 2.17. The second-order valence-corrected chi connectivity index (χ2v) is 5.95. The topological polar surface area (TPSA) is 63.3 Å². The maximum atomic E-state index is 5.72. The van der Waals surface area contributed by atoms with Gasteiger partial charge in [0.15, 0.2) is 5.96 Å². The average Bonchev–Trinajstić information content (AvgIpc) is 2.71. The van der Waals surface area contributed by atoms with E-state index in [1.165, 1.54) is 0 Å². The highest BCUT2D eigenvalue weighted by atomic mass is 127. The zero-order valence-electron chi connectivity index (χ0n) is 11.5. The second-order valence-electron chi connectivity index (χ2n) is 5.00. The number of hydrogen-bond acceptors (Lipinski definition) is 3. The molecule has 1 rings (SSSR count). The number of aromatic nitrogens is 1. The summed E-state index contributed by atoms with van der Waals surface area (Å²) in [7, 11) is 0. The van der Waals surface area contributed by atoms with E-state index in [0.29, 0.717) is 12.5 Å². The van der Waals surface area contributed by atoms with Gasteiger partial charge in [0.25, 0.3) is 0 Å². The minimum absolute atomic E-state index is 0. The molecule has 0 spiro atoms. The van der Waals surface area contributed by atoms with Crippen molar-refractivity contribution >= 4 is 41.3 Å². The molecule has 0 atom stereocenters. The Morgan fingerprint density at radius 2 is 2.17 bits per heavy atom. The predicted octanol–water partition coefficient (Wildman–Crippen LogP) is 2.87. The molecule has 18 heavy (non-hydrogen) atoms. The molecule has 4 nitrogen and oxygen atoms in total. The fourth-order valence-corrected chi connectivity index (χ4v) is 2.13. The molecule has 0 fully saturated rings. The van der Waals surface area contributed by atoms with Crippen LogP contribution in [0.5, 0.6) is 0 Å². The van der Waals surface area contributed by atoms with E-state index in [-0.39, 0.29) is 29.4 Å². The van der Waals surface area contributed by atoms with Crippen molar-refractivity contribution in [3.63, 3.8) is 0 Å². The van der Waals surface area contributed by atoms with Crippen LogP contribution >= 0.6 is 35.3 Å². The van der Waals surface area contributed by atoms with E-state index in [9.17, 15) is 0 Å². The van der Waals surface area contributed by atoms with Crippen LogP contribution in [0.4, 0.5) is 0 Å². The number of hydrogen-bond donors (Lipinski definition) is 2. The van der Waals surface area contributed by atoms with Crippen LogP contribution in [0.25, 0.3) is 0 Å². The first kappa shape index (κ1) is 17.6. The highest BCUT2D eigenvalue weighted by Crippen LogP contribution is 2.24. The van der Waals surface area contributed by atoms with Crippen molar-refractivity contribution in [2.45, 2.75) is 46.1 Å². The molecule has 0 aliphatic rings. The van der Waals surface area contributed by atoms with Gasteiger partial charge in [-0.25, -0.2) is 9.98 Å². The summed E-state index contributed by atoms with van der Waals surface area (Å²) in [5, 5.41) is 6.15. The molecule has 0 aliphatic carbocycles. The molecule has 6 heteroatoms. The number of aliphatic imine (C=N–C) groups is 1. The number of nitrogens with two attached hydrogens (primary N) is 1. The Labute approximate surface area is 131 Å². The van der Waals surface area contributed by atoms with Gasteiger partial charge >= 0.3 is 0 Å². The lowest BCUT2D eigenvalue weighted by atomic mass is 9.93. The summed E-state index contributed by atoms with van der Waals surface area (Å²) in [4.78, 5) is 8.82. The summed E-state index contributed by atoms with van der Waals surface area (Å²) in [6.07, 6.45) is 1.04. The Morgan fingerprint density at radius 1 is 1.50 bits per heavy atom. The maximum Gasteiger partial charge on any atom is 0.189 e. The summed E-state index contributed by atoms with van der Waals surface area (Å²) >= 11 is 1.64. The fraction of sp³-hybridized carbons (Fsp3) is 0.667. The van der Waals surface area contributed by atoms with Gasteiger partial charge in [0.05, 0.1) is 12.2 Å². The fourth-order valence-electron chi connectivity index (χ4n) is 1.19. The van der Waals surface area contributed by atoms with Gasteiger partial charge in [-0.15, -0.1) is 35.3 Å². The van der Waals surface area contributed by atoms with Gasteiger partial charge in [-0.05, 0) is 6.42 Å².